The molecule has 2 N–H and O–H groups in total. The topological polar surface area (TPSA) is 95.7 Å². The minimum absolute atomic E-state index is 0.0132. The Kier molecular flexibility index (Phi) is 6.08. The van der Waals surface area contributed by atoms with Crippen molar-refractivity contribution in [3.63, 3.8) is 0 Å². The maximum Gasteiger partial charge on any atom is 0.269 e. The first-order valence-corrected chi connectivity index (χ1v) is 7.82. The largest absolute Gasteiger partial charge is 0.387 e. The molecule has 0 heterocycles. The SMILES string of the molecule is CN(C)c1ccc(C(O)CNC(=O)Cc2ccc([N+](=O)[O-])cc2)cc1. The summed E-state index contributed by atoms with van der Waals surface area (Å²) in [5.74, 6) is -0.252. The zero-order chi connectivity index (χ0) is 18.4. The molecule has 2 aromatic carbocycles. The first kappa shape index (κ1) is 18.4. The van der Waals surface area contributed by atoms with Crippen LogP contribution in [0.3, 0.4) is 0 Å². The number of aliphatic hydroxyl groups excluding tert-OH is 1. The number of amides is 1. The highest BCUT2D eigenvalue weighted by atomic mass is 16.6. The molecule has 0 bridgehead atoms. The van der Waals surface area contributed by atoms with E-state index in [0.717, 1.165) is 11.3 Å². The van der Waals surface area contributed by atoms with Crippen LogP contribution in [0.1, 0.15) is 17.2 Å². The van der Waals surface area contributed by atoms with Crippen molar-refractivity contribution in [2.24, 2.45) is 0 Å². The number of benzene rings is 2. The maximum absolute atomic E-state index is 11.9. The van der Waals surface area contributed by atoms with Gasteiger partial charge in [-0.15, -0.1) is 0 Å². The van der Waals surface area contributed by atoms with Crippen LogP contribution in [0.4, 0.5) is 11.4 Å². The van der Waals surface area contributed by atoms with E-state index >= 15 is 0 Å². The summed E-state index contributed by atoms with van der Waals surface area (Å²) in [6, 6.07) is 13.3. The van der Waals surface area contributed by atoms with E-state index in [2.05, 4.69) is 5.32 Å². The van der Waals surface area contributed by atoms with Gasteiger partial charge in [0.15, 0.2) is 0 Å². The smallest absolute Gasteiger partial charge is 0.269 e. The Labute approximate surface area is 146 Å². The maximum atomic E-state index is 11.9. The van der Waals surface area contributed by atoms with Crippen molar-refractivity contribution in [2.45, 2.75) is 12.5 Å². The monoisotopic (exact) mass is 343 g/mol. The van der Waals surface area contributed by atoms with Crippen LogP contribution in [0, 0.1) is 10.1 Å². The van der Waals surface area contributed by atoms with Gasteiger partial charge in [-0.1, -0.05) is 24.3 Å². The molecule has 0 radical (unpaired) electrons. The number of rotatable bonds is 7. The fourth-order valence-corrected chi connectivity index (χ4v) is 2.31. The quantitative estimate of drug-likeness (QED) is 0.592. The van der Waals surface area contributed by atoms with Crippen LogP contribution in [0.2, 0.25) is 0 Å². The Hall–Kier alpha value is -2.93. The summed E-state index contributed by atoms with van der Waals surface area (Å²) >= 11 is 0. The number of hydrogen-bond donors (Lipinski definition) is 2. The molecule has 1 amide bonds. The summed E-state index contributed by atoms with van der Waals surface area (Å²) in [7, 11) is 3.87. The summed E-state index contributed by atoms with van der Waals surface area (Å²) in [5.41, 5.74) is 2.41. The Morgan fingerprint density at radius 2 is 1.76 bits per heavy atom. The third-order valence-corrected chi connectivity index (χ3v) is 3.80. The minimum atomic E-state index is -0.794. The summed E-state index contributed by atoms with van der Waals surface area (Å²) in [5, 5.41) is 23.4. The standard InChI is InChI=1S/C18H21N3O4/c1-20(2)15-9-5-14(6-10-15)17(22)12-19-18(23)11-13-3-7-16(8-4-13)21(24)25/h3-10,17,22H,11-12H2,1-2H3,(H,19,23). The number of nitrogens with zero attached hydrogens (tertiary/aromatic N) is 2. The highest BCUT2D eigenvalue weighted by molar-refractivity contribution is 5.78. The van der Waals surface area contributed by atoms with E-state index in [1.165, 1.54) is 12.1 Å². The lowest BCUT2D eigenvalue weighted by Crippen LogP contribution is -2.29. The van der Waals surface area contributed by atoms with Crippen molar-refractivity contribution in [3.8, 4) is 0 Å². The number of nitro groups is 1. The van der Waals surface area contributed by atoms with Crippen molar-refractivity contribution in [2.75, 3.05) is 25.5 Å². The number of nitrogens with one attached hydrogen (secondary N) is 1. The normalized spacial score (nSPS) is 11.6. The number of carbonyl (C=O) groups excluding carboxylic acids is 1. The second kappa shape index (κ2) is 8.25. The van der Waals surface area contributed by atoms with Crippen LogP contribution in [0.25, 0.3) is 0 Å². The molecule has 0 aliphatic rings. The number of hydrogen-bond acceptors (Lipinski definition) is 5. The summed E-state index contributed by atoms with van der Waals surface area (Å²) in [4.78, 5) is 24.0. The highest BCUT2D eigenvalue weighted by Crippen LogP contribution is 2.17. The van der Waals surface area contributed by atoms with Gasteiger partial charge in [-0.2, -0.15) is 0 Å². The first-order chi connectivity index (χ1) is 11.9. The van der Waals surface area contributed by atoms with E-state index in [1.807, 2.05) is 43.3 Å². The van der Waals surface area contributed by atoms with Crippen molar-refractivity contribution in [1.82, 2.24) is 5.32 Å². The number of carbonyl (C=O) groups is 1. The average Bonchev–Trinajstić information content (AvgIpc) is 2.60. The Morgan fingerprint density at radius 3 is 2.28 bits per heavy atom. The van der Waals surface area contributed by atoms with Crippen LogP contribution >= 0.6 is 0 Å². The lowest BCUT2D eigenvalue weighted by molar-refractivity contribution is -0.384. The third kappa shape index (κ3) is 5.29. The van der Waals surface area contributed by atoms with Crippen LogP contribution in [-0.4, -0.2) is 36.6 Å². The van der Waals surface area contributed by atoms with Crippen molar-refractivity contribution in [1.29, 1.82) is 0 Å². The number of anilines is 1. The molecule has 7 heteroatoms. The van der Waals surface area contributed by atoms with E-state index in [1.54, 1.807) is 12.1 Å². The lowest BCUT2D eigenvalue weighted by atomic mass is 10.1. The summed E-state index contributed by atoms with van der Waals surface area (Å²) in [6.07, 6.45) is -0.693. The molecule has 2 rings (SSSR count). The van der Waals surface area contributed by atoms with Gasteiger partial charge in [0.2, 0.25) is 5.91 Å². The molecule has 132 valence electrons. The van der Waals surface area contributed by atoms with Crippen molar-refractivity contribution < 1.29 is 14.8 Å². The van der Waals surface area contributed by atoms with E-state index in [0.29, 0.717) is 5.56 Å². The van der Waals surface area contributed by atoms with Crippen LogP contribution in [0.15, 0.2) is 48.5 Å². The molecule has 1 unspecified atom stereocenters. The summed E-state index contributed by atoms with van der Waals surface area (Å²) in [6.45, 7) is 0.104. The molecule has 1 atom stereocenters. The molecule has 7 nitrogen and oxygen atoms in total. The molecule has 2 aromatic rings. The molecular formula is C18H21N3O4. The zero-order valence-electron chi connectivity index (χ0n) is 14.2. The molecule has 0 saturated carbocycles. The number of non-ortho nitro benzene ring substituents is 1. The van der Waals surface area contributed by atoms with Gasteiger partial charge < -0.3 is 15.3 Å². The van der Waals surface area contributed by atoms with Gasteiger partial charge >= 0.3 is 0 Å². The predicted molar refractivity (Wildman–Crippen MR) is 95.5 cm³/mol. The lowest BCUT2D eigenvalue weighted by Gasteiger charge is -2.15. The fourth-order valence-electron chi connectivity index (χ4n) is 2.31. The van der Waals surface area contributed by atoms with Gasteiger partial charge in [-0.05, 0) is 23.3 Å². The van der Waals surface area contributed by atoms with E-state index in [9.17, 15) is 20.0 Å². The molecule has 0 aliphatic carbocycles. The second-order valence-corrected chi connectivity index (χ2v) is 5.91. The van der Waals surface area contributed by atoms with Crippen molar-refractivity contribution >= 4 is 17.3 Å². The molecule has 0 fully saturated rings. The fraction of sp³-hybridized carbons (Fsp3) is 0.278. The Balaban J connectivity index is 1.85. The van der Waals surface area contributed by atoms with Gasteiger partial charge in [0, 0.05) is 38.5 Å². The minimum Gasteiger partial charge on any atom is -0.387 e. The van der Waals surface area contributed by atoms with E-state index in [4.69, 9.17) is 0 Å². The van der Waals surface area contributed by atoms with E-state index in [-0.39, 0.29) is 24.6 Å². The Morgan fingerprint density at radius 1 is 1.16 bits per heavy atom. The number of nitro benzene ring substituents is 1. The van der Waals surface area contributed by atoms with Gasteiger partial charge in [0.1, 0.15) is 0 Å². The van der Waals surface area contributed by atoms with Gasteiger partial charge in [0.25, 0.3) is 5.69 Å². The van der Waals surface area contributed by atoms with Crippen molar-refractivity contribution in [3.05, 3.63) is 69.8 Å². The third-order valence-electron chi connectivity index (χ3n) is 3.80. The molecule has 25 heavy (non-hydrogen) atoms. The molecule has 0 aliphatic heterocycles. The molecular weight excluding hydrogens is 322 g/mol. The highest BCUT2D eigenvalue weighted by Gasteiger charge is 2.11. The van der Waals surface area contributed by atoms with Gasteiger partial charge in [0.05, 0.1) is 17.4 Å². The molecule has 0 spiro atoms. The van der Waals surface area contributed by atoms with Gasteiger partial charge in [-0.25, -0.2) is 0 Å². The predicted octanol–water partition coefficient (Wildman–Crippen LogP) is 2.05. The molecule has 0 aromatic heterocycles. The first-order valence-electron chi connectivity index (χ1n) is 7.82. The van der Waals surface area contributed by atoms with Crippen LogP contribution < -0.4 is 10.2 Å². The van der Waals surface area contributed by atoms with Crippen LogP contribution in [0.5, 0.6) is 0 Å². The second-order valence-electron chi connectivity index (χ2n) is 5.91. The number of aliphatic hydroxyl groups is 1. The molecule has 0 saturated heterocycles. The van der Waals surface area contributed by atoms with E-state index < -0.39 is 11.0 Å². The van der Waals surface area contributed by atoms with Gasteiger partial charge in [-0.3, -0.25) is 14.9 Å². The van der Waals surface area contributed by atoms with Crippen LogP contribution in [-0.2, 0) is 11.2 Å². The average molecular weight is 343 g/mol. The summed E-state index contributed by atoms with van der Waals surface area (Å²) < 4.78 is 0. The zero-order valence-corrected chi connectivity index (χ0v) is 14.2. The Bertz CT molecular complexity index is 727.